The van der Waals surface area contributed by atoms with Gasteiger partial charge in [0.05, 0.1) is 33.5 Å². The van der Waals surface area contributed by atoms with Crippen LogP contribution >= 0.6 is 0 Å². The number of benzene rings is 2. The molecule has 0 aromatic heterocycles. The molecular weight excluding hydrogens is 368 g/mol. The number of ether oxygens (including phenoxy) is 3. The van der Waals surface area contributed by atoms with Gasteiger partial charge in [0.2, 0.25) is 0 Å². The quantitative estimate of drug-likeness (QED) is 0.667. The number of hydrogen-bond donors (Lipinski definition) is 1. The van der Waals surface area contributed by atoms with E-state index in [9.17, 15) is 13.9 Å². The second-order valence-electron chi connectivity index (χ2n) is 6.65. The van der Waals surface area contributed by atoms with Crippen molar-refractivity contribution in [3.05, 3.63) is 59.2 Å². The molecule has 5 nitrogen and oxygen atoms in total. The summed E-state index contributed by atoms with van der Waals surface area (Å²) in [6.45, 7) is 2.65. The molecule has 28 heavy (non-hydrogen) atoms. The van der Waals surface area contributed by atoms with E-state index in [2.05, 4.69) is 0 Å². The van der Waals surface area contributed by atoms with Gasteiger partial charge >= 0.3 is 0 Å². The molecule has 0 heterocycles. The zero-order valence-corrected chi connectivity index (χ0v) is 16.6. The highest BCUT2D eigenvalue weighted by atomic mass is 19.2. The maximum absolute atomic E-state index is 13.4. The highest BCUT2D eigenvalue weighted by molar-refractivity contribution is 5.42. The van der Waals surface area contributed by atoms with Crippen molar-refractivity contribution in [2.45, 2.75) is 25.7 Å². The lowest BCUT2D eigenvalue weighted by Crippen LogP contribution is -2.34. The average Bonchev–Trinajstić information content (AvgIpc) is 2.69. The Kier molecular flexibility index (Phi) is 8.17. The minimum absolute atomic E-state index is 0.142. The minimum atomic E-state index is -0.878. The number of aliphatic hydroxyl groups excluding tert-OH is 1. The molecule has 0 aliphatic carbocycles. The van der Waals surface area contributed by atoms with Gasteiger partial charge < -0.3 is 19.3 Å². The maximum Gasteiger partial charge on any atom is 0.161 e. The second kappa shape index (κ2) is 10.4. The molecule has 1 N–H and O–H groups in total. The van der Waals surface area contributed by atoms with Crippen LogP contribution in [-0.4, -0.2) is 50.5 Å². The number of likely N-dealkylation sites (N-methyl/N-ethyl adjacent to an activating group) is 1. The van der Waals surface area contributed by atoms with Crippen molar-refractivity contribution >= 4 is 0 Å². The van der Waals surface area contributed by atoms with Crippen LogP contribution < -0.4 is 9.47 Å². The van der Waals surface area contributed by atoms with Crippen LogP contribution in [0.5, 0.6) is 11.5 Å². The van der Waals surface area contributed by atoms with Crippen LogP contribution in [0.3, 0.4) is 0 Å². The highest BCUT2D eigenvalue weighted by Gasteiger charge is 2.17. The molecule has 0 spiro atoms. The molecule has 7 heteroatoms. The van der Waals surface area contributed by atoms with Gasteiger partial charge in [0, 0.05) is 12.6 Å². The van der Waals surface area contributed by atoms with Crippen molar-refractivity contribution in [3.8, 4) is 11.5 Å². The van der Waals surface area contributed by atoms with Crippen LogP contribution in [0.25, 0.3) is 0 Å². The Bertz CT molecular complexity index is 772. The molecule has 0 aliphatic heterocycles. The number of aliphatic hydroxyl groups is 1. The van der Waals surface area contributed by atoms with E-state index < -0.39 is 17.7 Å². The topological polar surface area (TPSA) is 51.2 Å². The Balaban J connectivity index is 1.83. The van der Waals surface area contributed by atoms with Crippen molar-refractivity contribution in [3.63, 3.8) is 0 Å². The molecule has 0 saturated heterocycles. The molecule has 0 saturated carbocycles. The fourth-order valence-corrected chi connectivity index (χ4v) is 2.85. The van der Waals surface area contributed by atoms with Gasteiger partial charge in [-0.3, -0.25) is 4.90 Å². The molecule has 0 fully saturated rings. The Morgan fingerprint density at radius 3 is 2.36 bits per heavy atom. The van der Waals surface area contributed by atoms with Crippen LogP contribution in [0.2, 0.25) is 0 Å². The summed E-state index contributed by atoms with van der Waals surface area (Å²) in [5, 5.41) is 10.2. The Morgan fingerprint density at radius 1 is 1.00 bits per heavy atom. The first-order valence-corrected chi connectivity index (χ1v) is 8.97. The first kappa shape index (κ1) is 22.1. The summed E-state index contributed by atoms with van der Waals surface area (Å²) in [5.41, 5.74) is 1.54. The van der Waals surface area contributed by atoms with Gasteiger partial charge in [0.1, 0.15) is 0 Å². The van der Waals surface area contributed by atoms with E-state index in [1.165, 1.54) is 6.07 Å². The number of hydrogen-bond acceptors (Lipinski definition) is 5. The lowest BCUT2D eigenvalue weighted by atomic mass is 10.1. The minimum Gasteiger partial charge on any atom is -0.493 e. The predicted molar refractivity (Wildman–Crippen MR) is 103 cm³/mol. The molecule has 154 valence electrons. The first-order valence-electron chi connectivity index (χ1n) is 8.97. The lowest BCUT2D eigenvalue weighted by Gasteiger charge is -2.27. The van der Waals surface area contributed by atoms with Crippen molar-refractivity contribution < 1.29 is 28.1 Å². The zero-order valence-electron chi connectivity index (χ0n) is 16.6. The molecule has 0 aliphatic rings. The Labute approximate surface area is 164 Å². The van der Waals surface area contributed by atoms with Crippen molar-refractivity contribution in [2.75, 3.05) is 34.4 Å². The zero-order chi connectivity index (χ0) is 20.7. The first-order chi connectivity index (χ1) is 13.3. The Hall–Kier alpha value is -2.22. The van der Waals surface area contributed by atoms with Crippen molar-refractivity contribution in [2.24, 2.45) is 0 Å². The highest BCUT2D eigenvalue weighted by Crippen LogP contribution is 2.27. The maximum atomic E-state index is 13.4. The summed E-state index contributed by atoms with van der Waals surface area (Å²) in [5.74, 6) is -0.498. The predicted octanol–water partition coefficient (Wildman–Crippen LogP) is 3.55. The van der Waals surface area contributed by atoms with Gasteiger partial charge in [-0.05, 0) is 49.4 Å². The standard InChI is InChI=1S/C21H27F2NO4/c1-14(16-6-7-18(22)19(23)10-16)24(2)11-17(25)13-28-12-15-5-8-20(26-3)21(9-15)27-4/h5-10,14,17,25H,11-13H2,1-4H3/t14-,17+/m1/s1. The molecular formula is C21H27F2NO4. The third-order valence-corrected chi connectivity index (χ3v) is 4.61. The van der Waals surface area contributed by atoms with Gasteiger partial charge in [-0.25, -0.2) is 8.78 Å². The smallest absolute Gasteiger partial charge is 0.161 e. The number of nitrogens with zero attached hydrogens (tertiary/aromatic N) is 1. The van der Waals surface area contributed by atoms with E-state index in [0.29, 0.717) is 30.2 Å². The average molecular weight is 395 g/mol. The summed E-state index contributed by atoms with van der Waals surface area (Å²) in [6, 6.07) is 9.13. The molecule has 2 rings (SSSR count). The number of rotatable bonds is 10. The third-order valence-electron chi connectivity index (χ3n) is 4.61. The van der Waals surface area contributed by atoms with E-state index in [1.807, 2.05) is 31.0 Å². The van der Waals surface area contributed by atoms with Gasteiger partial charge in [0.15, 0.2) is 23.1 Å². The Morgan fingerprint density at radius 2 is 1.71 bits per heavy atom. The molecule has 0 radical (unpaired) electrons. The van der Waals surface area contributed by atoms with E-state index in [0.717, 1.165) is 11.6 Å². The van der Waals surface area contributed by atoms with E-state index in [-0.39, 0.29) is 12.6 Å². The fraction of sp³-hybridized carbons (Fsp3) is 0.429. The summed E-state index contributed by atoms with van der Waals surface area (Å²) in [4.78, 5) is 1.86. The summed E-state index contributed by atoms with van der Waals surface area (Å²) in [7, 11) is 4.95. The SMILES string of the molecule is COc1ccc(COC[C@@H](O)CN(C)[C@H](C)c2ccc(F)c(F)c2)cc1OC. The number of methoxy groups -OCH3 is 2. The largest absolute Gasteiger partial charge is 0.493 e. The number of halogens is 2. The van der Waals surface area contributed by atoms with Crippen LogP contribution in [0.15, 0.2) is 36.4 Å². The summed E-state index contributed by atoms with van der Waals surface area (Å²) < 4.78 is 42.5. The fourth-order valence-electron chi connectivity index (χ4n) is 2.85. The summed E-state index contributed by atoms with van der Waals surface area (Å²) >= 11 is 0. The van der Waals surface area contributed by atoms with Crippen LogP contribution in [0.1, 0.15) is 24.1 Å². The van der Waals surface area contributed by atoms with Crippen LogP contribution in [-0.2, 0) is 11.3 Å². The van der Waals surface area contributed by atoms with Gasteiger partial charge in [-0.2, -0.15) is 0 Å². The molecule has 0 bridgehead atoms. The van der Waals surface area contributed by atoms with Gasteiger partial charge in [-0.15, -0.1) is 0 Å². The molecule has 0 unspecified atom stereocenters. The van der Waals surface area contributed by atoms with Crippen LogP contribution in [0, 0.1) is 11.6 Å². The third kappa shape index (κ3) is 5.89. The van der Waals surface area contributed by atoms with Crippen molar-refractivity contribution in [1.29, 1.82) is 0 Å². The van der Waals surface area contributed by atoms with Gasteiger partial charge in [0.25, 0.3) is 0 Å². The van der Waals surface area contributed by atoms with E-state index in [1.54, 1.807) is 26.4 Å². The molecule has 2 aromatic carbocycles. The molecule has 2 aromatic rings. The molecule has 0 amide bonds. The second-order valence-corrected chi connectivity index (χ2v) is 6.65. The van der Waals surface area contributed by atoms with Crippen molar-refractivity contribution in [1.82, 2.24) is 4.90 Å². The lowest BCUT2D eigenvalue weighted by molar-refractivity contribution is 0.00847. The van der Waals surface area contributed by atoms with Crippen LogP contribution in [0.4, 0.5) is 8.78 Å². The normalized spacial score (nSPS) is 13.4. The van der Waals surface area contributed by atoms with Gasteiger partial charge in [-0.1, -0.05) is 12.1 Å². The van der Waals surface area contributed by atoms with E-state index in [4.69, 9.17) is 14.2 Å². The molecule has 2 atom stereocenters. The van der Waals surface area contributed by atoms with E-state index >= 15 is 0 Å². The monoisotopic (exact) mass is 395 g/mol. The summed E-state index contributed by atoms with van der Waals surface area (Å²) in [6.07, 6.45) is -0.724.